The first kappa shape index (κ1) is 19.4. The number of rotatable bonds is 5. The van der Waals surface area contributed by atoms with Gasteiger partial charge in [-0.15, -0.1) is 0 Å². The maximum Gasteiger partial charge on any atom is 0.248 e. The summed E-state index contributed by atoms with van der Waals surface area (Å²) in [6.07, 6.45) is 0. The van der Waals surface area contributed by atoms with Crippen molar-refractivity contribution in [2.75, 3.05) is 18.9 Å². The minimum atomic E-state index is -3.89. The number of benzene rings is 1. The van der Waals surface area contributed by atoms with Gasteiger partial charge in [-0.05, 0) is 44.9 Å². The van der Waals surface area contributed by atoms with Crippen LogP contribution < -0.4 is 5.32 Å². The lowest BCUT2D eigenvalue weighted by atomic mass is 10.1. The van der Waals surface area contributed by atoms with Crippen LogP contribution in [0.2, 0.25) is 5.02 Å². The van der Waals surface area contributed by atoms with Crippen LogP contribution in [0.4, 0.5) is 5.69 Å². The van der Waals surface area contributed by atoms with E-state index in [-0.39, 0.29) is 22.9 Å². The van der Waals surface area contributed by atoms with E-state index >= 15 is 0 Å². The number of nitrogens with one attached hydrogen (secondary N) is 1. The molecule has 0 saturated heterocycles. The number of likely N-dealkylation sites (N-methyl/N-ethyl adjacent to an activating group) is 1. The van der Waals surface area contributed by atoms with E-state index in [0.29, 0.717) is 10.7 Å². The second-order valence-electron chi connectivity index (χ2n) is 5.90. The smallest absolute Gasteiger partial charge is 0.248 e. The maximum atomic E-state index is 12.6. The van der Waals surface area contributed by atoms with Crippen molar-refractivity contribution in [1.82, 2.24) is 9.46 Å². The van der Waals surface area contributed by atoms with Crippen molar-refractivity contribution in [1.29, 1.82) is 0 Å². The van der Waals surface area contributed by atoms with Crippen molar-refractivity contribution >= 4 is 33.2 Å². The number of carbonyl (C=O) groups excluding carboxylic acids is 1. The number of hydrogen-bond acceptors (Lipinski definition) is 5. The van der Waals surface area contributed by atoms with Crippen LogP contribution in [0.1, 0.15) is 22.6 Å². The van der Waals surface area contributed by atoms with Gasteiger partial charge in [-0.1, -0.05) is 22.8 Å². The third-order valence-corrected chi connectivity index (χ3v) is 6.05. The van der Waals surface area contributed by atoms with Crippen molar-refractivity contribution in [3.8, 4) is 0 Å². The molecule has 7 nitrogen and oxygen atoms in total. The molecule has 0 aliphatic carbocycles. The Kier molecular flexibility index (Phi) is 5.55. The Labute approximate surface area is 152 Å². The fourth-order valence-corrected chi connectivity index (χ4v) is 4.32. The first-order valence-electron chi connectivity index (χ1n) is 7.50. The largest absolute Gasteiger partial charge is 0.360 e. The molecule has 0 saturated carbocycles. The average Bonchev–Trinajstić information content (AvgIpc) is 2.82. The van der Waals surface area contributed by atoms with Crippen LogP contribution in [0.3, 0.4) is 0 Å². The lowest BCUT2D eigenvalue weighted by molar-refractivity contribution is -0.116. The van der Waals surface area contributed by atoms with E-state index in [0.717, 1.165) is 15.4 Å². The molecule has 0 spiro atoms. The molecule has 9 heteroatoms. The van der Waals surface area contributed by atoms with Crippen molar-refractivity contribution in [2.45, 2.75) is 32.6 Å². The summed E-state index contributed by atoms with van der Waals surface area (Å²) in [6, 6.07) is 3.61. The molecule has 0 radical (unpaired) electrons. The van der Waals surface area contributed by atoms with Crippen LogP contribution in [-0.2, 0) is 14.8 Å². The van der Waals surface area contributed by atoms with Gasteiger partial charge in [0.05, 0.1) is 17.3 Å². The fourth-order valence-electron chi connectivity index (χ4n) is 2.54. The van der Waals surface area contributed by atoms with Crippen LogP contribution in [0, 0.1) is 27.7 Å². The van der Waals surface area contributed by atoms with Gasteiger partial charge < -0.3 is 9.84 Å². The highest BCUT2D eigenvalue weighted by Crippen LogP contribution is 2.27. The summed E-state index contributed by atoms with van der Waals surface area (Å²) in [4.78, 5) is 12.3. The minimum absolute atomic E-state index is 0.0210. The molecule has 1 heterocycles. The molecule has 0 bridgehead atoms. The molecule has 1 aromatic carbocycles. The van der Waals surface area contributed by atoms with Gasteiger partial charge in [0.15, 0.2) is 5.76 Å². The summed E-state index contributed by atoms with van der Waals surface area (Å²) in [5.74, 6) is -0.311. The van der Waals surface area contributed by atoms with Crippen molar-refractivity contribution < 1.29 is 17.7 Å². The Hall–Kier alpha value is -1.90. The molecule has 2 aromatic rings. The lowest BCUT2D eigenvalue weighted by Gasteiger charge is -2.17. The third kappa shape index (κ3) is 4.02. The van der Waals surface area contributed by atoms with Gasteiger partial charge >= 0.3 is 0 Å². The molecule has 0 aliphatic heterocycles. The number of sulfonamides is 1. The summed E-state index contributed by atoms with van der Waals surface area (Å²) in [6.45, 7) is 6.40. The Morgan fingerprint density at radius 1 is 1.28 bits per heavy atom. The molecule has 0 atom stereocenters. The SMILES string of the molecule is Cc1cc(C)c(NC(=O)CN(C)S(=O)(=O)c2c(C)noc2C)c(Cl)c1. The van der Waals surface area contributed by atoms with Gasteiger partial charge in [-0.25, -0.2) is 8.42 Å². The number of aromatic nitrogens is 1. The Morgan fingerprint density at radius 3 is 2.44 bits per heavy atom. The highest BCUT2D eigenvalue weighted by Gasteiger charge is 2.29. The van der Waals surface area contributed by atoms with E-state index in [1.165, 1.54) is 20.9 Å². The summed E-state index contributed by atoms with van der Waals surface area (Å²) in [5.41, 5.74) is 2.50. The Balaban J connectivity index is 2.18. The van der Waals surface area contributed by atoms with Gasteiger partial charge in [0.2, 0.25) is 15.9 Å². The van der Waals surface area contributed by atoms with E-state index in [4.69, 9.17) is 16.1 Å². The molecule has 25 heavy (non-hydrogen) atoms. The molecule has 1 amide bonds. The number of nitrogens with zero attached hydrogens (tertiary/aromatic N) is 2. The zero-order chi connectivity index (χ0) is 18.9. The normalized spacial score (nSPS) is 11.8. The second kappa shape index (κ2) is 7.15. The molecule has 1 N–H and O–H groups in total. The van der Waals surface area contributed by atoms with Gasteiger partial charge in [0, 0.05) is 7.05 Å². The fraction of sp³-hybridized carbons (Fsp3) is 0.375. The van der Waals surface area contributed by atoms with E-state index < -0.39 is 15.9 Å². The van der Waals surface area contributed by atoms with Gasteiger partial charge in [0.25, 0.3) is 0 Å². The topological polar surface area (TPSA) is 92.5 Å². The van der Waals surface area contributed by atoms with Crippen LogP contribution in [0.5, 0.6) is 0 Å². The molecule has 0 fully saturated rings. The molecule has 0 aliphatic rings. The average molecular weight is 386 g/mol. The number of hydrogen-bond donors (Lipinski definition) is 1. The number of carbonyl (C=O) groups is 1. The number of anilines is 1. The van der Waals surface area contributed by atoms with Crippen LogP contribution >= 0.6 is 11.6 Å². The molecule has 1 aromatic heterocycles. The summed E-state index contributed by atoms with van der Waals surface area (Å²) < 4.78 is 31.1. The lowest BCUT2D eigenvalue weighted by Crippen LogP contribution is -2.35. The maximum absolute atomic E-state index is 12.6. The van der Waals surface area contributed by atoms with Crippen LogP contribution in [-0.4, -0.2) is 37.4 Å². The highest BCUT2D eigenvalue weighted by atomic mass is 35.5. The van der Waals surface area contributed by atoms with Gasteiger partial charge in [0.1, 0.15) is 10.6 Å². The van der Waals surface area contributed by atoms with Gasteiger partial charge in [-0.2, -0.15) is 4.31 Å². The molecule has 0 unspecified atom stereocenters. The predicted molar refractivity (Wildman–Crippen MR) is 95.3 cm³/mol. The molecule has 136 valence electrons. The Bertz CT molecular complexity index is 879. The van der Waals surface area contributed by atoms with Crippen molar-refractivity contribution in [3.63, 3.8) is 0 Å². The molecule has 2 rings (SSSR count). The summed E-state index contributed by atoms with van der Waals surface area (Å²) >= 11 is 6.16. The van der Waals surface area contributed by atoms with E-state index in [1.54, 1.807) is 6.07 Å². The zero-order valence-corrected chi connectivity index (χ0v) is 16.2. The number of halogens is 1. The molecular weight excluding hydrogens is 366 g/mol. The summed E-state index contributed by atoms with van der Waals surface area (Å²) in [5, 5.41) is 6.72. The summed E-state index contributed by atoms with van der Waals surface area (Å²) in [7, 11) is -2.56. The third-order valence-electron chi connectivity index (χ3n) is 3.70. The van der Waals surface area contributed by atoms with Crippen molar-refractivity contribution in [2.24, 2.45) is 0 Å². The first-order chi connectivity index (χ1) is 11.5. The minimum Gasteiger partial charge on any atom is -0.360 e. The quantitative estimate of drug-likeness (QED) is 0.854. The van der Waals surface area contributed by atoms with Gasteiger partial charge in [-0.3, -0.25) is 4.79 Å². The predicted octanol–water partition coefficient (Wildman–Crippen LogP) is 2.82. The van der Waals surface area contributed by atoms with E-state index in [2.05, 4.69) is 10.5 Å². The Morgan fingerprint density at radius 2 is 1.92 bits per heavy atom. The second-order valence-corrected chi connectivity index (χ2v) is 8.29. The molecular formula is C16H20ClN3O4S. The van der Waals surface area contributed by atoms with Crippen molar-refractivity contribution in [3.05, 3.63) is 39.7 Å². The standard InChI is InChI=1S/C16H20ClN3O4S/c1-9-6-10(2)15(13(17)7-9)18-14(21)8-20(5)25(22,23)16-11(3)19-24-12(16)4/h6-7H,8H2,1-5H3,(H,18,21). The monoisotopic (exact) mass is 385 g/mol. The number of aryl methyl sites for hydroxylation is 4. The van der Waals surface area contributed by atoms with E-state index in [9.17, 15) is 13.2 Å². The highest BCUT2D eigenvalue weighted by molar-refractivity contribution is 7.89. The first-order valence-corrected chi connectivity index (χ1v) is 9.31. The van der Waals surface area contributed by atoms with Crippen LogP contribution in [0.15, 0.2) is 21.6 Å². The van der Waals surface area contributed by atoms with Crippen LogP contribution in [0.25, 0.3) is 0 Å². The zero-order valence-electron chi connectivity index (χ0n) is 14.7. The van der Waals surface area contributed by atoms with E-state index in [1.807, 2.05) is 19.9 Å². The number of amides is 1.